The Labute approximate surface area is 133 Å². The van der Waals surface area contributed by atoms with Crippen LogP contribution in [0.1, 0.15) is 17.5 Å². The van der Waals surface area contributed by atoms with Crippen molar-refractivity contribution >= 4 is 23.1 Å². The Balaban J connectivity index is 1.68. The van der Waals surface area contributed by atoms with E-state index in [1.54, 1.807) is 0 Å². The topological polar surface area (TPSA) is 75.4 Å². The number of aliphatic hydroxyl groups is 1. The molecule has 5 heteroatoms. The van der Waals surface area contributed by atoms with Crippen LogP contribution in [0.25, 0.3) is 17.2 Å². The van der Waals surface area contributed by atoms with Crippen LogP contribution < -0.4 is 5.32 Å². The number of amides is 1. The molecule has 0 radical (unpaired) electrons. The molecule has 1 atom stereocenters. The summed E-state index contributed by atoms with van der Waals surface area (Å²) in [6, 6.07) is 16.2. The first-order valence-corrected chi connectivity index (χ1v) is 7.26. The lowest BCUT2D eigenvalue weighted by molar-refractivity contribution is -0.117. The summed E-state index contributed by atoms with van der Waals surface area (Å²) in [7, 11) is 0. The minimum Gasteiger partial charge on any atom is -0.437 e. The van der Waals surface area contributed by atoms with E-state index in [0.29, 0.717) is 11.5 Å². The third kappa shape index (κ3) is 3.64. The van der Waals surface area contributed by atoms with Crippen molar-refractivity contribution in [2.45, 2.75) is 6.04 Å². The van der Waals surface area contributed by atoms with Crippen molar-refractivity contribution in [3.8, 4) is 0 Å². The summed E-state index contributed by atoms with van der Waals surface area (Å²) in [5.41, 5.74) is 2.26. The SMILES string of the molecule is O=C(/C=C/c1nc2ccccc2o1)NC(CO)c1ccccc1. The fourth-order valence-corrected chi connectivity index (χ4v) is 2.25. The molecule has 0 saturated carbocycles. The maximum absolute atomic E-state index is 12.0. The molecule has 1 heterocycles. The van der Waals surface area contributed by atoms with Gasteiger partial charge in [0.2, 0.25) is 11.8 Å². The standard InChI is InChI=1S/C18H16N2O3/c21-12-15(13-6-2-1-3-7-13)19-17(22)10-11-18-20-14-8-4-5-9-16(14)23-18/h1-11,15,21H,12H2,(H,19,22)/b11-10+. The van der Waals surface area contributed by atoms with E-state index in [2.05, 4.69) is 10.3 Å². The molecule has 116 valence electrons. The minimum atomic E-state index is -0.447. The molecule has 0 aliphatic heterocycles. The lowest BCUT2D eigenvalue weighted by Gasteiger charge is -2.15. The van der Waals surface area contributed by atoms with Crippen molar-refractivity contribution in [2.75, 3.05) is 6.61 Å². The van der Waals surface area contributed by atoms with E-state index >= 15 is 0 Å². The van der Waals surface area contributed by atoms with Gasteiger partial charge in [0.05, 0.1) is 12.6 Å². The summed E-state index contributed by atoms with van der Waals surface area (Å²) in [5.74, 6) is 0.0387. The zero-order chi connectivity index (χ0) is 16.1. The number of carbonyl (C=O) groups excluding carboxylic acids is 1. The summed E-state index contributed by atoms with van der Waals surface area (Å²) in [6.45, 7) is -0.174. The molecular formula is C18H16N2O3. The number of benzene rings is 2. The second-order valence-corrected chi connectivity index (χ2v) is 5.01. The summed E-state index contributed by atoms with van der Waals surface area (Å²) in [6.07, 6.45) is 2.85. The predicted octanol–water partition coefficient (Wildman–Crippen LogP) is 2.69. The van der Waals surface area contributed by atoms with Crippen molar-refractivity contribution in [1.82, 2.24) is 10.3 Å². The van der Waals surface area contributed by atoms with Crippen LogP contribution in [0.2, 0.25) is 0 Å². The Morgan fingerprint density at radius 2 is 1.91 bits per heavy atom. The van der Waals surface area contributed by atoms with Gasteiger partial charge in [-0.1, -0.05) is 42.5 Å². The molecule has 1 aromatic heterocycles. The van der Waals surface area contributed by atoms with E-state index in [0.717, 1.165) is 11.1 Å². The Hall–Kier alpha value is -2.92. The Morgan fingerprint density at radius 1 is 1.17 bits per heavy atom. The van der Waals surface area contributed by atoms with Crippen molar-refractivity contribution < 1.29 is 14.3 Å². The van der Waals surface area contributed by atoms with Gasteiger partial charge in [-0.2, -0.15) is 0 Å². The van der Waals surface area contributed by atoms with E-state index in [1.165, 1.54) is 12.2 Å². The number of carbonyl (C=O) groups is 1. The maximum Gasteiger partial charge on any atom is 0.244 e. The molecule has 2 N–H and O–H groups in total. The number of nitrogens with one attached hydrogen (secondary N) is 1. The fraction of sp³-hybridized carbons (Fsp3) is 0.111. The van der Waals surface area contributed by atoms with Gasteiger partial charge in [-0.3, -0.25) is 4.79 Å². The number of aromatic nitrogens is 1. The Bertz CT molecular complexity index is 791. The molecule has 5 nitrogen and oxygen atoms in total. The maximum atomic E-state index is 12.0. The monoisotopic (exact) mass is 308 g/mol. The normalized spacial score (nSPS) is 12.6. The van der Waals surface area contributed by atoms with E-state index in [9.17, 15) is 9.90 Å². The molecule has 0 aliphatic rings. The number of rotatable bonds is 5. The zero-order valence-corrected chi connectivity index (χ0v) is 12.3. The number of hydrogen-bond acceptors (Lipinski definition) is 4. The average Bonchev–Trinajstić information content (AvgIpc) is 3.01. The molecule has 1 unspecified atom stereocenters. The molecule has 23 heavy (non-hydrogen) atoms. The fourth-order valence-electron chi connectivity index (χ4n) is 2.25. The van der Waals surface area contributed by atoms with Crippen LogP contribution >= 0.6 is 0 Å². The van der Waals surface area contributed by atoms with Crippen molar-refractivity contribution in [3.63, 3.8) is 0 Å². The zero-order valence-electron chi connectivity index (χ0n) is 12.3. The highest BCUT2D eigenvalue weighted by atomic mass is 16.3. The molecule has 0 saturated heterocycles. The van der Waals surface area contributed by atoms with Crippen molar-refractivity contribution in [1.29, 1.82) is 0 Å². The van der Waals surface area contributed by atoms with E-state index in [1.807, 2.05) is 54.6 Å². The number of oxazole rings is 1. The number of fused-ring (bicyclic) bond motifs is 1. The van der Waals surface area contributed by atoms with Gasteiger partial charge in [0.25, 0.3) is 0 Å². The first kappa shape index (κ1) is 15.0. The summed E-state index contributed by atoms with van der Waals surface area (Å²) >= 11 is 0. The molecule has 0 fully saturated rings. The Morgan fingerprint density at radius 3 is 2.65 bits per heavy atom. The largest absolute Gasteiger partial charge is 0.437 e. The van der Waals surface area contributed by atoms with E-state index in [4.69, 9.17) is 4.42 Å². The van der Waals surface area contributed by atoms with Gasteiger partial charge >= 0.3 is 0 Å². The van der Waals surface area contributed by atoms with Crippen LogP contribution in [0.5, 0.6) is 0 Å². The molecule has 3 aromatic rings. The van der Waals surface area contributed by atoms with Gasteiger partial charge in [-0.15, -0.1) is 0 Å². The first-order chi connectivity index (χ1) is 11.3. The van der Waals surface area contributed by atoms with Crippen LogP contribution in [0, 0.1) is 0 Å². The minimum absolute atomic E-state index is 0.174. The molecule has 1 amide bonds. The van der Waals surface area contributed by atoms with Crippen LogP contribution in [0.3, 0.4) is 0 Å². The highest BCUT2D eigenvalue weighted by Gasteiger charge is 2.11. The number of nitrogens with zero attached hydrogens (tertiary/aromatic N) is 1. The first-order valence-electron chi connectivity index (χ1n) is 7.26. The second kappa shape index (κ2) is 6.89. The predicted molar refractivity (Wildman–Crippen MR) is 87.5 cm³/mol. The lowest BCUT2D eigenvalue weighted by atomic mass is 10.1. The van der Waals surface area contributed by atoms with Crippen molar-refractivity contribution in [2.24, 2.45) is 0 Å². The van der Waals surface area contributed by atoms with Crippen LogP contribution in [-0.2, 0) is 4.79 Å². The van der Waals surface area contributed by atoms with Gasteiger partial charge < -0.3 is 14.8 Å². The van der Waals surface area contributed by atoms with Gasteiger partial charge in [0, 0.05) is 12.2 Å². The third-order valence-electron chi connectivity index (χ3n) is 3.39. The number of para-hydroxylation sites is 2. The second-order valence-electron chi connectivity index (χ2n) is 5.01. The molecule has 0 spiro atoms. The van der Waals surface area contributed by atoms with E-state index in [-0.39, 0.29) is 12.5 Å². The number of hydrogen-bond donors (Lipinski definition) is 2. The van der Waals surface area contributed by atoms with Crippen molar-refractivity contribution in [3.05, 3.63) is 72.1 Å². The Kier molecular flexibility index (Phi) is 4.49. The smallest absolute Gasteiger partial charge is 0.244 e. The average molecular weight is 308 g/mol. The highest BCUT2D eigenvalue weighted by molar-refractivity contribution is 5.91. The van der Waals surface area contributed by atoms with Crippen LogP contribution in [0.15, 0.2) is 65.1 Å². The summed E-state index contributed by atoms with van der Waals surface area (Å²) < 4.78 is 5.51. The molecule has 2 aromatic carbocycles. The lowest BCUT2D eigenvalue weighted by Crippen LogP contribution is -2.29. The van der Waals surface area contributed by atoms with Crippen LogP contribution in [0.4, 0.5) is 0 Å². The molecule has 0 bridgehead atoms. The molecular weight excluding hydrogens is 292 g/mol. The molecule has 3 rings (SSSR count). The van der Waals surface area contributed by atoms with Gasteiger partial charge in [-0.05, 0) is 17.7 Å². The van der Waals surface area contributed by atoms with Gasteiger partial charge in [0.1, 0.15) is 5.52 Å². The third-order valence-corrected chi connectivity index (χ3v) is 3.39. The van der Waals surface area contributed by atoms with Crippen LogP contribution in [-0.4, -0.2) is 22.6 Å². The summed E-state index contributed by atoms with van der Waals surface area (Å²) in [5, 5.41) is 12.2. The number of aliphatic hydroxyl groups excluding tert-OH is 1. The van der Waals surface area contributed by atoms with E-state index < -0.39 is 6.04 Å². The van der Waals surface area contributed by atoms with Gasteiger partial charge in [0.15, 0.2) is 5.58 Å². The quantitative estimate of drug-likeness (QED) is 0.711. The highest BCUT2D eigenvalue weighted by Crippen LogP contribution is 2.15. The molecule has 0 aliphatic carbocycles. The van der Waals surface area contributed by atoms with Gasteiger partial charge in [-0.25, -0.2) is 4.98 Å². The summed E-state index contributed by atoms with van der Waals surface area (Å²) in [4.78, 5) is 16.3.